The van der Waals surface area contributed by atoms with Crippen molar-refractivity contribution in [2.45, 2.75) is 38.1 Å². The largest absolute Gasteiger partial charge is 0.356 e. The molecule has 1 fully saturated rings. The summed E-state index contributed by atoms with van der Waals surface area (Å²) in [6, 6.07) is 10.8. The van der Waals surface area contributed by atoms with Crippen molar-refractivity contribution in [3.63, 3.8) is 0 Å². The van der Waals surface area contributed by atoms with Crippen molar-refractivity contribution >= 4 is 41.6 Å². The summed E-state index contributed by atoms with van der Waals surface area (Å²) in [4.78, 5) is 16.3. The Morgan fingerprint density at radius 2 is 2.08 bits per heavy atom. The molecule has 1 aromatic carbocycles. The number of carbonyl (C=O) groups is 1. The number of fused-ring (bicyclic) bond motifs is 1. The first-order valence-corrected chi connectivity index (χ1v) is 8.15. The Hall–Kier alpha value is -1.36. The first kappa shape index (κ1) is 20.7. The van der Waals surface area contributed by atoms with Gasteiger partial charge in [-0.1, -0.05) is 24.3 Å². The molecule has 1 aliphatic rings. The maximum Gasteiger partial charge on any atom is 0.220 e. The molecule has 24 heavy (non-hydrogen) atoms. The van der Waals surface area contributed by atoms with Crippen LogP contribution >= 0.6 is 24.8 Å². The second-order valence-corrected chi connectivity index (χ2v) is 5.92. The molecule has 0 radical (unpaired) electrons. The van der Waals surface area contributed by atoms with E-state index in [-0.39, 0.29) is 30.7 Å². The molecule has 0 bridgehead atoms. The highest BCUT2D eigenvalue weighted by Crippen LogP contribution is 2.16. The fourth-order valence-electron chi connectivity index (χ4n) is 3.10. The van der Waals surface area contributed by atoms with Crippen LogP contribution < -0.4 is 10.6 Å². The number of amides is 1. The van der Waals surface area contributed by atoms with E-state index in [1.807, 2.05) is 18.3 Å². The molecule has 0 aliphatic carbocycles. The molecular formula is C18H25Cl2N3O. The van der Waals surface area contributed by atoms with Gasteiger partial charge in [-0.2, -0.15) is 0 Å². The molecule has 6 heteroatoms. The van der Waals surface area contributed by atoms with Crippen molar-refractivity contribution < 1.29 is 4.79 Å². The Bertz CT molecular complexity index is 640. The molecule has 3 rings (SSSR count). The lowest BCUT2D eigenvalue weighted by Gasteiger charge is -2.10. The molecule has 132 valence electrons. The minimum atomic E-state index is 0. The van der Waals surface area contributed by atoms with E-state index in [0.29, 0.717) is 19.0 Å². The van der Waals surface area contributed by atoms with Crippen LogP contribution in [0.25, 0.3) is 10.9 Å². The lowest BCUT2D eigenvalue weighted by atomic mass is 10.1. The first-order chi connectivity index (χ1) is 10.8. The summed E-state index contributed by atoms with van der Waals surface area (Å²) in [6.07, 6.45) is 6.64. The summed E-state index contributed by atoms with van der Waals surface area (Å²) < 4.78 is 0. The van der Waals surface area contributed by atoms with Gasteiger partial charge in [0.2, 0.25) is 5.91 Å². The summed E-state index contributed by atoms with van der Waals surface area (Å²) in [7, 11) is 0. The van der Waals surface area contributed by atoms with E-state index in [0.717, 1.165) is 30.3 Å². The predicted octanol–water partition coefficient (Wildman–Crippen LogP) is 3.27. The van der Waals surface area contributed by atoms with Gasteiger partial charge in [0, 0.05) is 30.6 Å². The van der Waals surface area contributed by atoms with Crippen LogP contribution in [0.1, 0.15) is 31.2 Å². The van der Waals surface area contributed by atoms with Crippen LogP contribution in [0.15, 0.2) is 36.5 Å². The maximum atomic E-state index is 11.9. The third-order valence-electron chi connectivity index (χ3n) is 4.32. The highest BCUT2D eigenvalue weighted by Gasteiger charge is 2.15. The molecule has 1 saturated heterocycles. The van der Waals surface area contributed by atoms with Crippen LogP contribution in [0.2, 0.25) is 0 Å². The summed E-state index contributed by atoms with van der Waals surface area (Å²) in [5, 5.41) is 7.60. The van der Waals surface area contributed by atoms with Crippen molar-refractivity contribution in [3.8, 4) is 0 Å². The van der Waals surface area contributed by atoms with E-state index in [1.54, 1.807) is 0 Å². The Morgan fingerprint density at radius 1 is 1.25 bits per heavy atom. The van der Waals surface area contributed by atoms with E-state index in [1.165, 1.54) is 18.4 Å². The smallest absolute Gasteiger partial charge is 0.220 e. The Morgan fingerprint density at radius 3 is 2.88 bits per heavy atom. The molecule has 1 aromatic heterocycles. The highest BCUT2D eigenvalue weighted by molar-refractivity contribution is 5.85. The minimum absolute atomic E-state index is 0. The first-order valence-electron chi connectivity index (χ1n) is 8.15. The normalized spacial score (nSPS) is 16.2. The van der Waals surface area contributed by atoms with E-state index >= 15 is 0 Å². The van der Waals surface area contributed by atoms with Gasteiger partial charge in [0.05, 0.1) is 5.52 Å². The number of pyridine rings is 1. The van der Waals surface area contributed by atoms with Gasteiger partial charge in [0.1, 0.15) is 0 Å². The van der Waals surface area contributed by atoms with Gasteiger partial charge < -0.3 is 10.6 Å². The second-order valence-electron chi connectivity index (χ2n) is 5.92. The number of benzene rings is 1. The summed E-state index contributed by atoms with van der Waals surface area (Å²) in [5.41, 5.74) is 2.23. The van der Waals surface area contributed by atoms with Gasteiger partial charge in [-0.05, 0) is 43.9 Å². The number of para-hydroxylation sites is 1. The predicted molar refractivity (Wildman–Crippen MR) is 103 cm³/mol. The number of carbonyl (C=O) groups excluding carboxylic acids is 1. The van der Waals surface area contributed by atoms with Crippen molar-refractivity contribution in [2.75, 3.05) is 13.1 Å². The van der Waals surface area contributed by atoms with E-state index in [9.17, 15) is 4.79 Å². The van der Waals surface area contributed by atoms with Crippen molar-refractivity contribution in [1.82, 2.24) is 15.6 Å². The maximum absolute atomic E-state index is 11.9. The number of hydrogen-bond acceptors (Lipinski definition) is 3. The number of halogens is 2. The third-order valence-corrected chi connectivity index (χ3v) is 4.32. The van der Waals surface area contributed by atoms with Crippen LogP contribution in [0.4, 0.5) is 0 Å². The van der Waals surface area contributed by atoms with Gasteiger partial charge in [-0.15, -0.1) is 24.8 Å². The van der Waals surface area contributed by atoms with Crippen LogP contribution in [-0.2, 0) is 11.2 Å². The fourth-order valence-corrected chi connectivity index (χ4v) is 3.10. The molecule has 2 aromatic rings. The second kappa shape index (κ2) is 10.5. The average molecular weight is 370 g/mol. The number of aromatic nitrogens is 1. The van der Waals surface area contributed by atoms with Crippen LogP contribution in [-0.4, -0.2) is 30.0 Å². The number of rotatable bonds is 6. The quantitative estimate of drug-likeness (QED) is 0.821. The summed E-state index contributed by atoms with van der Waals surface area (Å²) in [6.45, 7) is 1.77. The zero-order chi connectivity index (χ0) is 15.2. The molecule has 0 spiro atoms. The van der Waals surface area contributed by atoms with E-state index < -0.39 is 0 Å². The van der Waals surface area contributed by atoms with Gasteiger partial charge >= 0.3 is 0 Å². The van der Waals surface area contributed by atoms with Crippen LogP contribution in [0.3, 0.4) is 0 Å². The molecule has 1 unspecified atom stereocenters. The lowest BCUT2D eigenvalue weighted by molar-refractivity contribution is -0.121. The molecule has 2 N–H and O–H groups in total. The molecule has 1 amide bonds. The SMILES string of the molecule is Cl.Cl.O=C(CCC1CCCN1)NCCc1cccc2cccnc12. The average Bonchev–Trinajstić information content (AvgIpc) is 3.07. The summed E-state index contributed by atoms with van der Waals surface area (Å²) >= 11 is 0. The Balaban J connectivity index is 0.00000144. The van der Waals surface area contributed by atoms with Gasteiger partial charge in [-0.3, -0.25) is 9.78 Å². The summed E-state index contributed by atoms with van der Waals surface area (Å²) in [5.74, 6) is 0.155. The standard InChI is InChI=1S/C18H23N3O.2ClH/c22-17(9-8-16-7-3-11-19-16)20-13-10-15-5-1-4-14-6-2-12-21-18(14)15;;/h1-2,4-6,12,16,19H,3,7-11,13H2,(H,20,22);2*1H. The minimum Gasteiger partial charge on any atom is -0.356 e. The van der Waals surface area contributed by atoms with Gasteiger partial charge in [0.25, 0.3) is 0 Å². The third kappa shape index (κ3) is 5.62. The Kier molecular flexibility index (Phi) is 9.04. The monoisotopic (exact) mass is 369 g/mol. The number of hydrogen-bond donors (Lipinski definition) is 2. The Labute approximate surface area is 155 Å². The molecule has 2 heterocycles. The van der Waals surface area contributed by atoms with Crippen LogP contribution in [0.5, 0.6) is 0 Å². The van der Waals surface area contributed by atoms with Crippen molar-refractivity contribution in [2.24, 2.45) is 0 Å². The van der Waals surface area contributed by atoms with Gasteiger partial charge in [0.15, 0.2) is 0 Å². The molecular weight excluding hydrogens is 345 g/mol. The van der Waals surface area contributed by atoms with E-state index in [2.05, 4.69) is 33.8 Å². The van der Waals surface area contributed by atoms with E-state index in [4.69, 9.17) is 0 Å². The van der Waals surface area contributed by atoms with Crippen LogP contribution in [0, 0.1) is 0 Å². The molecule has 0 saturated carbocycles. The lowest BCUT2D eigenvalue weighted by Crippen LogP contribution is -2.28. The zero-order valence-electron chi connectivity index (χ0n) is 13.7. The molecule has 1 aliphatic heterocycles. The van der Waals surface area contributed by atoms with Crippen molar-refractivity contribution in [3.05, 3.63) is 42.1 Å². The highest BCUT2D eigenvalue weighted by atomic mass is 35.5. The number of nitrogens with zero attached hydrogens (tertiary/aromatic N) is 1. The zero-order valence-corrected chi connectivity index (χ0v) is 15.3. The topological polar surface area (TPSA) is 54.0 Å². The molecule has 1 atom stereocenters. The fraction of sp³-hybridized carbons (Fsp3) is 0.444. The van der Waals surface area contributed by atoms with Crippen molar-refractivity contribution in [1.29, 1.82) is 0 Å². The molecule has 4 nitrogen and oxygen atoms in total. The number of nitrogens with one attached hydrogen (secondary N) is 2. The van der Waals surface area contributed by atoms with Gasteiger partial charge in [-0.25, -0.2) is 0 Å².